The molecule has 0 spiro atoms. The SMILES string of the molecule is Cc1ncnc(NCCOc2ccn(-c3ccccc3Cl)n2)c1Cl.OOC#COO. The summed E-state index contributed by atoms with van der Waals surface area (Å²) in [5, 5.41) is 23.3. The number of nitrogens with zero attached hydrogens (tertiary/aromatic N) is 4. The Balaban J connectivity index is 0.000000469. The lowest BCUT2D eigenvalue weighted by Crippen LogP contribution is -2.13. The zero-order chi connectivity index (χ0) is 21.8. The second kappa shape index (κ2) is 12.4. The van der Waals surface area contributed by atoms with E-state index >= 15 is 0 Å². The summed E-state index contributed by atoms with van der Waals surface area (Å²) in [6, 6.07) is 9.26. The van der Waals surface area contributed by atoms with Gasteiger partial charge in [-0.2, -0.15) is 10.5 Å². The number of rotatable bonds is 6. The lowest BCUT2D eigenvalue weighted by atomic mass is 10.3. The Morgan fingerprint density at radius 2 is 1.83 bits per heavy atom. The van der Waals surface area contributed by atoms with E-state index in [0.717, 1.165) is 11.4 Å². The molecule has 30 heavy (non-hydrogen) atoms. The van der Waals surface area contributed by atoms with Crippen molar-refractivity contribution in [2.45, 2.75) is 6.92 Å². The topological polar surface area (TPSA) is 124 Å². The summed E-state index contributed by atoms with van der Waals surface area (Å²) in [7, 11) is 0. The molecule has 0 saturated carbocycles. The molecule has 0 radical (unpaired) electrons. The van der Waals surface area contributed by atoms with Crippen molar-refractivity contribution in [3.05, 3.63) is 58.6 Å². The van der Waals surface area contributed by atoms with Gasteiger partial charge in [-0.05, 0) is 19.1 Å². The quantitative estimate of drug-likeness (QED) is 0.222. The fraction of sp³-hybridized carbons (Fsp3) is 0.167. The number of benzene rings is 1. The number of hydrogen-bond donors (Lipinski definition) is 3. The molecule has 3 aromatic rings. The third-order valence-electron chi connectivity index (χ3n) is 3.41. The molecule has 0 aliphatic rings. The van der Waals surface area contributed by atoms with E-state index in [0.29, 0.717) is 34.9 Å². The van der Waals surface area contributed by atoms with Gasteiger partial charge in [0.15, 0.2) is 0 Å². The molecule has 12 heteroatoms. The van der Waals surface area contributed by atoms with Crippen molar-refractivity contribution in [1.29, 1.82) is 0 Å². The molecule has 1 aromatic carbocycles. The fourth-order valence-corrected chi connectivity index (χ4v) is 2.49. The van der Waals surface area contributed by atoms with Crippen molar-refractivity contribution < 1.29 is 25.0 Å². The van der Waals surface area contributed by atoms with Crippen LogP contribution in [0.15, 0.2) is 42.9 Å². The fourth-order valence-electron chi connectivity index (χ4n) is 2.10. The van der Waals surface area contributed by atoms with E-state index in [1.54, 1.807) is 16.9 Å². The Hall–Kier alpha value is -3.23. The van der Waals surface area contributed by atoms with Crippen LogP contribution in [-0.4, -0.2) is 43.4 Å². The van der Waals surface area contributed by atoms with Crippen LogP contribution in [0.1, 0.15) is 5.69 Å². The number of halogens is 2. The first-order chi connectivity index (χ1) is 14.6. The molecule has 0 amide bonds. The van der Waals surface area contributed by atoms with Crippen molar-refractivity contribution in [2.75, 3.05) is 18.5 Å². The Labute approximate surface area is 181 Å². The van der Waals surface area contributed by atoms with Crippen molar-refractivity contribution in [3.63, 3.8) is 0 Å². The van der Waals surface area contributed by atoms with Crippen LogP contribution in [0.25, 0.3) is 5.69 Å². The van der Waals surface area contributed by atoms with E-state index in [1.165, 1.54) is 18.5 Å². The Morgan fingerprint density at radius 3 is 2.53 bits per heavy atom. The molecule has 10 nitrogen and oxygen atoms in total. The van der Waals surface area contributed by atoms with Crippen molar-refractivity contribution >= 4 is 29.0 Å². The average Bonchev–Trinajstić information content (AvgIpc) is 3.22. The van der Waals surface area contributed by atoms with Gasteiger partial charge in [0.25, 0.3) is 0 Å². The highest BCUT2D eigenvalue weighted by Crippen LogP contribution is 2.21. The van der Waals surface area contributed by atoms with Gasteiger partial charge in [0.1, 0.15) is 23.8 Å². The minimum atomic E-state index is 0.416. The van der Waals surface area contributed by atoms with Gasteiger partial charge in [-0.1, -0.05) is 35.3 Å². The van der Waals surface area contributed by atoms with Gasteiger partial charge in [0.05, 0.1) is 22.9 Å². The number of hydrogen-bond acceptors (Lipinski definition) is 9. The molecule has 0 atom stereocenters. The van der Waals surface area contributed by atoms with E-state index in [1.807, 2.05) is 31.2 Å². The summed E-state index contributed by atoms with van der Waals surface area (Å²) in [6.45, 7) is 2.78. The number of ether oxygens (including phenoxy) is 1. The van der Waals surface area contributed by atoms with E-state index in [4.69, 9.17) is 38.5 Å². The molecule has 0 unspecified atom stereocenters. The summed E-state index contributed by atoms with van der Waals surface area (Å²) < 4.78 is 7.29. The molecular formula is C18H17Cl2N5O5. The molecule has 0 bridgehead atoms. The third-order valence-corrected chi connectivity index (χ3v) is 4.18. The lowest BCUT2D eigenvalue weighted by Gasteiger charge is -2.08. The molecule has 2 aromatic heterocycles. The average molecular weight is 454 g/mol. The predicted octanol–water partition coefficient (Wildman–Crippen LogP) is 3.65. The van der Waals surface area contributed by atoms with Gasteiger partial charge in [0, 0.05) is 12.3 Å². The largest absolute Gasteiger partial charge is 0.475 e. The van der Waals surface area contributed by atoms with Crippen LogP contribution >= 0.6 is 23.2 Å². The maximum Gasteiger partial charge on any atom is 0.233 e. The minimum absolute atomic E-state index is 0.416. The first kappa shape index (κ1) is 23.1. The van der Waals surface area contributed by atoms with E-state index in [-0.39, 0.29) is 0 Å². The maximum atomic E-state index is 7.33. The number of aryl methyl sites for hydroxylation is 1. The smallest absolute Gasteiger partial charge is 0.233 e. The molecule has 0 saturated heterocycles. The molecule has 0 aliphatic carbocycles. The Bertz CT molecular complexity index is 998. The molecule has 2 heterocycles. The maximum absolute atomic E-state index is 7.33. The molecule has 3 rings (SSSR count). The molecular weight excluding hydrogens is 437 g/mol. The summed E-state index contributed by atoms with van der Waals surface area (Å²) >= 11 is 12.3. The third kappa shape index (κ3) is 6.98. The molecule has 158 valence electrons. The van der Waals surface area contributed by atoms with Crippen LogP contribution in [0.3, 0.4) is 0 Å². The summed E-state index contributed by atoms with van der Waals surface area (Å²) in [6.07, 6.45) is 6.33. The first-order valence-electron chi connectivity index (χ1n) is 8.32. The summed E-state index contributed by atoms with van der Waals surface area (Å²) in [4.78, 5) is 14.4. The summed E-state index contributed by atoms with van der Waals surface area (Å²) in [5.41, 5.74) is 1.53. The van der Waals surface area contributed by atoms with Crippen LogP contribution in [0, 0.1) is 19.1 Å². The van der Waals surface area contributed by atoms with Gasteiger partial charge in [-0.25, -0.2) is 14.6 Å². The van der Waals surface area contributed by atoms with Crippen LogP contribution in [0.5, 0.6) is 5.88 Å². The molecule has 0 fully saturated rings. The van der Waals surface area contributed by atoms with Crippen molar-refractivity contribution in [3.8, 4) is 23.8 Å². The molecule has 3 N–H and O–H groups in total. The highest BCUT2D eigenvalue weighted by atomic mass is 35.5. The van der Waals surface area contributed by atoms with Crippen LogP contribution in [0.2, 0.25) is 10.0 Å². The van der Waals surface area contributed by atoms with E-state index in [2.05, 4.69) is 30.2 Å². The first-order valence-corrected chi connectivity index (χ1v) is 9.07. The lowest BCUT2D eigenvalue weighted by molar-refractivity contribution is -0.188. The van der Waals surface area contributed by atoms with Gasteiger partial charge >= 0.3 is 0 Å². The highest BCUT2D eigenvalue weighted by Gasteiger charge is 2.07. The monoisotopic (exact) mass is 453 g/mol. The highest BCUT2D eigenvalue weighted by molar-refractivity contribution is 6.33. The zero-order valence-electron chi connectivity index (χ0n) is 15.6. The van der Waals surface area contributed by atoms with Crippen molar-refractivity contribution in [2.24, 2.45) is 0 Å². The predicted molar refractivity (Wildman–Crippen MR) is 110 cm³/mol. The standard InChI is InChI=1S/C16H15Cl2N5O.C2H2O4/c1-11-15(18)16(21-10-20-11)19-7-9-24-14-6-8-23(22-14)13-5-3-2-4-12(13)17;3-5-1-2-6-4/h2-6,8,10H,7,9H2,1H3,(H,19,20,21);3-4H. The van der Waals surface area contributed by atoms with Gasteiger partial charge in [-0.3, -0.25) is 9.78 Å². The summed E-state index contributed by atoms with van der Waals surface area (Å²) in [5.74, 6) is 1.11. The second-order valence-corrected chi connectivity index (χ2v) is 6.12. The van der Waals surface area contributed by atoms with E-state index < -0.39 is 0 Å². The number of para-hydroxylation sites is 1. The number of anilines is 1. The van der Waals surface area contributed by atoms with Crippen LogP contribution in [0.4, 0.5) is 5.82 Å². The van der Waals surface area contributed by atoms with Crippen LogP contribution < -0.4 is 10.1 Å². The number of aromatic nitrogens is 4. The van der Waals surface area contributed by atoms with Gasteiger partial charge < -0.3 is 10.1 Å². The van der Waals surface area contributed by atoms with Gasteiger partial charge in [-0.15, -0.1) is 5.10 Å². The normalized spacial score (nSPS) is 9.50. The van der Waals surface area contributed by atoms with Crippen LogP contribution in [-0.2, 0) is 9.78 Å². The Kier molecular flexibility index (Phi) is 9.50. The van der Waals surface area contributed by atoms with Crippen molar-refractivity contribution in [1.82, 2.24) is 19.7 Å². The number of nitrogens with one attached hydrogen (secondary N) is 1. The van der Waals surface area contributed by atoms with E-state index in [9.17, 15) is 0 Å². The zero-order valence-corrected chi connectivity index (χ0v) is 17.1. The molecule has 0 aliphatic heterocycles. The minimum Gasteiger partial charge on any atom is -0.475 e. The second-order valence-electron chi connectivity index (χ2n) is 5.33. The Morgan fingerprint density at radius 1 is 1.10 bits per heavy atom. The van der Waals surface area contributed by atoms with Gasteiger partial charge in [0.2, 0.25) is 18.1 Å².